The van der Waals surface area contributed by atoms with Crippen molar-refractivity contribution in [3.8, 4) is 0 Å². The number of nitrogen functional groups attached to an aromatic ring is 1. The molecule has 0 radical (unpaired) electrons. The Labute approximate surface area is 113 Å². The van der Waals surface area contributed by atoms with Gasteiger partial charge in [0, 0.05) is 0 Å². The lowest BCUT2D eigenvalue weighted by atomic mass is 9.73. The molecule has 0 spiro atoms. The number of hydrogen-bond donors (Lipinski definition) is 2. The van der Waals surface area contributed by atoms with Gasteiger partial charge in [-0.25, -0.2) is 0 Å². The van der Waals surface area contributed by atoms with E-state index in [1.807, 2.05) is 13.8 Å². The van der Waals surface area contributed by atoms with Crippen molar-refractivity contribution >= 4 is 23.3 Å². The highest BCUT2D eigenvalue weighted by Crippen LogP contribution is 2.40. The second-order valence-electron chi connectivity index (χ2n) is 4.59. The van der Waals surface area contributed by atoms with E-state index in [1.54, 1.807) is 18.2 Å². The number of para-hydroxylation sites is 1. The zero-order chi connectivity index (χ0) is 13.8. The standard InChI is InChI=1S/C14H20ClNO2/c1-3-8-14(9-4-2,13(17)18)10-6-5-7-11(15)12(10)16/h5-7H,3-4,8-9,16H2,1-2H3,(H,17,18). The summed E-state index contributed by atoms with van der Waals surface area (Å²) < 4.78 is 0. The van der Waals surface area contributed by atoms with E-state index < -0.39 is 11.4 Å². The summed E-state index contributed by atoms with van der Waals surface area (Å²) in [5, 5.41) is 10.1. The quantitative estimate of drug-likeness (QED) is 0.771. The van der Waals surface area contributed by atoms with Crippen molar-refractivity contribution in [2.24, 2.45) is 0 Å². The molecule has 0 saturated heterocycles. The lowest BCUT2D eigenvalue weighted by molar-refractivity contribution is -0.144. The van der Waals surface area contributed by atoms with Crippen molar-refractivity contribution in [2.75, 3.05) is 5.73 Å². The van der Waals surface area contributed by atoms with E-state index >= 15 is 0 Å². The van der Waals surface area contributed by atoms with Gasteiger partial charge >= 0.3 is 5.97 Å². The zero-order valence-corrected chi connectivity index (χ0v) is 11.6. The molecule has 18 heavy (non-hydrogen) atoms. The number of carboxylic acid groups (broad SMARTS) is 1. The van der Waals surface area contributed by atoms with Crippen molar-refractivity contribution in [3.05, 3.63) is 28.8 Å². The van der Waals surface area contributed by atoms with Gasteiger partial charge in [-0.15, -0.1) is 0 Å². The highest BCUT2D eigenvalue weighted by Gasteiger charge is 2.40. The van der Waals surface area contributed by atoms with Crippen LogP contribution in [0.15, 0.2) is 18.2 Å². The molecule has 0 atom stereocenters. The van der Waals surface area contributed by atoms with E-state index in [9.17, 15) is 9.90 Å². The lowest BCUT2D eigenvalue weighted by Gasteiger charge is -2.31. The second-order valence-corrected chi connectivity index (χ2v) is 5.00. The molecule has 0 aromatic heterocycles. The van der Waals surface area contributed by atoms with Gasteiger partial charge in [0.2, 0.25) is 0 Å². The maximum absolute atomic E-state index is 11.8. The predicted molar refractivity (Wildman–Crippen MR) is 75.0 cm³/mol. The number of anilines is 1. The molecule has 1 rings (SSSR count). The Kier molecular flexibility index (Phi) is 5.03. The van der Waals surface area contributed by atoms with Crippen molar-refractivity contribution in [1.29, 1.82) is 0 Å². The van der Waals surface area contributed by atoms with Gasteiger partial charge in [-0.05, 0) is 24.5 Å². The van der Waals surface area contributed by atoms with Crippen LogP contribution in [0.1, 0.15) is 45.1 Å². The molecule has 0 saturated carbocycles. The smallest absolute Gasteiger partial charge is 0.314 e. The number of carbonyl (C=O) groups is 1. The molecule has 1 aromatic rings. The molecule has 100 valence electrons. The first-order valence-corrected chi connectivity index (χ1v) is 6.65. The van der Waals surface area contributed by atoms with Crippen LogP contribution in [0, 0.1) is 0 Å². The highest BCUT2D eigenvalue weighted by molar-refractivity contribution is 6.33. The average Bonchev–Trinajstić information content (AvgIpc) is 2.32. The van der Waals surface area contributed by atoms with Crippen LogP contribution in [0.4, 0.5) is 5.69 Å². The van der Waals surface area contributed by atoms with Gasteiger partial charge in [-0.2, -0.15) is 0 Å². The number of halogens is 1. The fourth-order valence-corrected chi connectivity index (χ4v) is 2.71. The monoisotopic (exact) mass is 269 g/mol. The van der Waals surface area contributed by atoms with Gasteiger partial charge in [0.05, 0.1) is 16.1 Å². The van der Waals surface area contributed by atoms with E-state index in [0.29, 0.717) is 29.1 Å². The number of aliphatic carboxylic acids is 1. The van der Waals surface area contributed by atoms with Crippen molar-refractivity contribution < 1.29 is 9.90 Å². The Morgan fingerprint density at radius 1 is 1.33 bits per heavy atom. The Hall–Kier alpha value is -1.22. The molecule has 0 aliphatic carbocycles. The number of carboxylic acids is 1. The van der Waals surface area contributed by atoms with Gasteiger partial charge in [0.25, 0.3) is 0 Å². The predicted octanol–water partition coefficient (Wildman–Crippen LogP) is 3.84. The van der Waals surface area contributed by atoms with E-state index in [-0.39, 0.29) is 0 Å². The Morgan fingerprint density at radius 2 is 1.89 bits per heavy atom. The van der Waals surface area contributed by atoms with Gasteiger partial charge in [0.15, 0.2) is 0 Å². The number of hydrogen-bond acceptors (Lipinski definition) is 2. The van der Waals surface area contributed by atoms with E-state index in [2.05, 4.69) is 0 Å². The second kappa shape index (κ2) is 6.10. The molecular formula is C14H20ClNO2. The summed E-state index contributed by atoms with van der Waals surface area (Å²) in [6, 6.07) is 5.22. The number of nitrogens with two attached hydrogens (primary N) is 1. The summed E-state index contributed by atoms with van der Waals surface area (Å²) in [6.07, 6.45) is 2.72. The Bertz CT molecular complexity index is 426. The molecule has 0 fully saturated rings. The van der Waals surface area contributed by atoms with Crippen molar-refractivity contribution in [2.45, 2.75) is 44.9 Å². The lowest BCUT2D eigenvalue weighted by Crippen LogP contribution is -2.36. The van der Waals surface area contributed by atoms with Gasteiger partial charge in [0.1, 0.15) is 0 Å². The SMILES string of the molecule is CCCC(CCC)(C(=O)O)c1cccc(Cl)c1N. The molecule has 1 aromatic carbocycles. The summed E-state index contributed by atoms with van der Waals surface area (Å²) in [6.45, 7) is 3.96. The van der Waals surface area contributed by atoms with Crippen molar-refractivity contribution in [1.82, 2.24) is 0 Å². The third kappa shape index (κ3) is 2.61. The zero-order valence-electron chi connectivity index (χ0n) is 10.9. The van der Waals surface area contributed by atoms with Crippen LogP contribution in [-0.2, 0) is 10.2 Å². The highest BCUT2D eigenvalue weighted by atomic mass is 35.5. The molecule has 3 N–H and O–H groups in total. The first-order chi connectivity index (χ1) is 8.49. The molecule has 0 aliphatic rings. The largest absolute Gasteiger partial charge is 0.481 e. The molecule has 0 unspecified atom stereocenters. The Balaban J connectivity index is 3.40. The van der Waals surface area contributed by atoms with Crippen LogP contribution in [0.5, 0.6) is 0 Å². The van der Waals surface area contributed by atoms with Crippen molar-refractivity contribution in [3.63, 3.8) is 0 Å². The molecule has 0 aliphatic heterocycles. The van der Waals surface area contributed by atoms with E-state index in [0.717, 1.165) is 12.8 Å². The molecule has 3 nitrogen and oxygen atoms in total. The summed E-state index contributed by atoms with van der Waals surface area (Å²) in [4.78, 5) is 11.8. The molecule has 4 heteroatoms. The van der Waals surface area contributed by atoms with Gasteiger partial charge in [-0.3, -0.25) is 4.79 Å². The van der Waals surface area contributed by atoms with Crippen LogP contribution in [0.25, 0.3) is 0 Å². The molecule has 0 amide bonds. The van der Waals surface area contributed by atoms with Crippen LogP contribution in [0.3, 0.4) is 0 Å². The Morgan fingerprint density at radius 3 is 2.33 bits per heavy atom. The normalized spacial score (nSPS) is 11.5. The molecule has 0 heterocycles. The minimum Gasteiger partial charge on any atom is -0.481 e. The summed E-state index contributed by atoms with van der Waals surface area (Å²) >= 11 is 6.01. The minimum absolute atomic E-state index is 0.392. The van der Waals surface area contributed by atoms with Gasteiger partial charge < -0.3 is 10.8 Å². The van der Waals surface area contributed by atoms with Crippen LogP contribution in [0.2, 0.25) is 5.02 Å². The number of rotatable bonds is 6. The fourth-order valence-electron chi connectivity index (χ4n) is 2.53. The fraction of sp³-hybridized carbons (Fsp3) is 0.500. The van der Waals surface area contributed by atoms with Crippen LogP contribution >= 0.6 is 11.6 Å². The first-order valence-electron chi connectivity index (χ1n) is 6.27. The summed E-state index contributed by atoms with van der Waals surface area (Å²) in [7, 11) is 0. The third-order valence-electron chi connectivity index (χ3n) is 3.33. The van der Waals surface area contributed by atoms with E-state index in [4.69, 9.17) is 17.3 Å². The minimum atomic E-state index is -0.918. The topological polar surface area (TPSA) is 63.3 Å². The van der Waals surface area contributed by atoms with E-state index in [1.165, 1.54) is 0 Å². The summed E-state index contributed by atoms with van der Waals surface area (Å²) in [5.74, 6) is -0.819. The van der Waals surface area contributed by atoms with Gasteiger partial charge in [-0.1, -0.05) is 50.4 Å². The molecule has 0 bridgehead atoms. The summed E-state index contributed by atoms with van der Waals surface area (Å²) in [5.41, 5.74) is 6.09. The third-order valence-corrected chi connectivity index (χ3v) is 3.66. The maximum Gasteiger partial charge on any atom is 0.314 e. The van der Waals surface area contributed by atoms with Crippen LogP contribution in [-0.4, -0.2) is 11.1 Å². The number of benzene rings is 1. The van der Waals surface area contributed by atoms with Crippen LogP contribution < -0.4 is 5.73 Å². The maximum atomic E-state index is 11.8. The average molecular weight is 270 g/mol. The molecular weight excluding hydrogens is 250 g/mol. The first kappa shape index (κ1) is 14.8.